The summed E-state index contributed by atoms with van der Waals surface area (Å²) in [4.78, 5) is 12.9. The average Bonchev–Trinajstić information content (AvgIpc) is 2.76. The van der Waals surface area contributed by atoms with Crippen molar-refractivity contribution < 1.29 is 28.2 Å². The van der Waals surface area contributed by atoms with Gasteiger partial charge < -0.3 is 23.4 Å². The van der Waals surface area contributed by atoms with Crippen molar-refractivity contribution in [1.82, 2.24) is 0 Å². The molecule has 1 aliphatic heterocycles. The number of benzene rings is 1. The number of esters is 1. The molecule has 0 spiro atoms. The fraction of sp³-hybridized carbons (Fsp3) is 0.640. The van der Waals surface area contributed by atoms with Gasteiger partial charge in [0.25, 0.3) is 0 Å². The molecule has 0 aliphatic carbocycles. The van der Waals surface area contributed by atoms with E-state index in [1.54, 1.807) is 7.11 Å². The van der Waals surface area contributed by atoms with Crippen LogP contribution in [0.3, 0.4) is 0 Å². The van der Waals surface area contributed by atoms with Gasteiger partial charge in [-0.3, -0.25) is 0 Å². The number of alkyl halides is 3. The minimum atomic E-state index is -2.04. The van der Waals surface area contributed by atoms with Crippen LogP contribution in [0.15, 0.2) is 36.4 Å². The first-order valence-corrected chi connectivity index (χ1v) is 15.6. The summed E-state index contributed by atoms with van der Waals surface area (Å²) >= 11 is 17.3. The third kappa shape index (κ3) is 9.54. The van der Waals surface area contributed by atoms with Crippen LogP contribution in [0.1, 0.15) is 33.3 Å². The number of halogens is 3. The molecule has 0 aromatic heterocycles. The fourth-order valence-corrected chi connectivity index (χ4v) is 4.87. The quantitative estimate of drug-likeness (QED) is 0.140. The highest BCUT2D eigenvalue weighted by molar-refractivity contribution is 6.74. The van der Waals surface area contributed by atoms with Gasteiger partial charge in [-0.2, -0.15) is 0 Å². The Labute approximate surface area is 225 Å². The van der Waals surface area contributed by atoms with Crippen molar-refractivity contribution >= 4 is 49.1 Å². The largest absolute Gasteiger partial charge is 0.497 e. The standard InChI is InChI=1S/C25H37Cl3O6Si/c1-17(34-35(6,7)24(2,3)4)21-13-10-19(22(33-21)23(29)32-16-25(26,27)28)15-31-14-18-8-11-20(30-5)12-9-18/h8-13,17,19,21-22H,14-16H2,1-7H3/t17-,19-,21+,22-/m0/s1. The third-order valence-electron chi connectivity index (χ3n) is 6.34. The first-order valence-electron chi connectivity index (χ1n) is 11.6. The number of hydrogen-bond acceptors (Lipinski definition) is 6. The maximum Gasteiger partial charge on any atom is 0.336 e. The Morgan fingerprint density at radius 3 is 2.29 bits per heavy atom. The van der Waals surface area contributed by atoms with E-state index < -0.39 is 30.3 Å². The predicted molar refractivity (Wildman–Crippen MR) is 143 cm³/mol. The van der Waals surface area contributed by atoms with Crippen molar-refractivity contribution in [3.05, 3.63) is 42.0 Å². The molecule has 0 saturated carbocycles. The van der Waals surface area contributed by atoms with Gasteiger partial charge in [-0.25, -0.2) is 4.79 Å². The highest BCUT2D eigenvalue weighted by atomic mass is 35.6. The molecule has 0 unspecified atom stereocenters. The fourth-order valence-electron chi connectivity index (χ4n) is 3.29. The summed E-state index contributed by atoms with van der Waals surface area (Å²) in [5.41, 5.74) is 0.983. The van der Waals surface area contributed by atoms with Crippen LogP contribution < -0.4 is 4.74 Å². The average molecular weight is 568 g/mol. The van der Waals surface area contributed by atoms with Gasteiger partial charge in [-0.05, 0) is 42.8 Å². The van der Waals surface area contributed by atoms with Gasteiger partial charge in [0, 0.05) is 5.92 Å². The molecule has 0 amide bonds. The van der Waals surface area contributed by atoms with E-state index in [0.29, 0.717) is 6.61 Å². The van der Waals surface area contributed by atoms with Gasteiger partial charge in [-0.1, -0.05) is 79.9 Å². The van der Waals surface area contributed by atoms with Crippen LogP contribution in [-0.4, -0.2) is 56.7 Å². The minimum Gasteiger partial charge on any atom is -0.497 e. The molecule has 4 atom stereocenters. The normalized spacial score (nSPS) is 22.1. The number of ether oxygens (including phenoxy) is 4. The summed E-state index contributed by atoms with van der Waals surface area (Å²) in [7, 11) is -0.420. The van der Waals surface area contributed by atoms with Crippen molar-refractivity contribution in [1.29, 1.82) is 0 Å². The maximum absolute atomic E-state index is 12.9. The van der Waals surface area contributed by atoms with Crippen molar-refractivity contribution in [2.24, 2.45) is 5.92 Å². The molecule has 0 fully saturated rings. The molecule has 0 N–H and O–H groups in total. The van der Waals surface area contributed by atoms with E-state index in [2.05, 4.69) is 33.9 Å². The zero-order chi connectivity index (χ0) is 26.4. The van der Waals surface area contributed by atoms with E-state index >= 15 is 0 Å². The summed E-state index contributed by atoms with van der Waals surface area (Å²) in [6, 6.07) is 7.59. The second kappa shape index (κ2) is 12.6. The first kappa shape index (κ1) is 30.4. The van der Waals surface area contributed by atoms with Crippen LogP contribution in [-0.2, 0) is 30.0 Å². The van der Waals surface area contributed by atoms with Gasteiger partial charge in [0.1, 0.15) is 18.5 Å². The van der Waals surface area contributed by atoms with Crippen LogP contribution in [0.4, 0.5) is 0 Å². The van der Waals surface area contributed by atoms with E-state index in [0.717, 1.165) is 11.3 Å². The molecule has 0 radical (unpaired) electrons. The Hall–Kier alpha value is -0.803. The van der Waals surface area contributed by atoms with Gasteiger partial charge in [-0.15, -0.1) is 0 Å². The Kier molecular flexibility index (Phi) is 11.0. The summed E-state index contributed by atoms with van der Waals surface area (Å²) in [5, 5.41) is 0.0418. The second-order valence-electron chi connectivity index (χ2n) is 10.2. The van der Waals surface area contributed by atoms with Gasteiger partial charge in [0.2, 0.25) is 3.79 Å². The zero-order valence-corrected chi connectivity index (χ0v) is 24.7. The van der Waals surface area contributed by atoms with E-state index in [1.807, 2.05) is 43.3 Å². The van der Waals surface area contributed by atoms with Crippen LogP contribution in [0.2, 0.25) is 18.1 Å². The van der Waals surface area contributed by atoms with Crippen LogP contribution in [0, 0.1) is 5.92 Å². The van der Waals surface area contributed by atoms with E-state index in [4.69, 9.17) is 58.2 Å². The molecule has 1 aromatic carbocycles. The summed E-state index contributed by atoms with van der Waals surface area (Å²) in [6.45, 7) is 13.1. The van der Waals surface area contributed by atoms with Crippen LogP contribution in [0.25, 0.3) is 0 Å². The molecule has 0 bridgehead atoms. The number of hydrogen-bond donors (Lipinski definition) is 0. The highest BCUT2D eigenvalue weighted by Gasteiger charge is 2.42. The van der Waals surface area contributed by atoms with Crippen molar-refractivity contribution in [3.63, 3.8) is 0 Å². The molecule has 0 saturated heterocycles. The molecule has 35 heavy (non-hydrogen) atoms. The summed E-state index contributed by atoms with van der Waals surface area (Å²) in [5.74, 6) is -0.204. The molecule has 1 aromatic rings. The molecule has 198 valence electrons. The highest BCUT2D eigenvalue weighted by Crippen LogP contribution is 2.38. The van der Waals surface area contributed by atoms with E-state index in [9.17, 15) is 4.79 Å². The maximum atomic E-state index is 12.9. The second-order valence-corrected chi connectivity index (χ2v) is 17.5. The SMILES string of the molecule is COc1ccc(COC[C@@H]2C=C[C@H]([C@H](C)O[Si](C)(C)C(C)(C)C)O[C@@H]2C(=O)OCC(Cl)(Cl)Cl)cc1. The zero-order valence-electron chi connectivity index (χ0n) is 21.5. The number of methoxy groups -OCH3 is 1. The van der Waals surface area contributed by atoms with Crippen LogP contribution in [0.5, 0.6) is 5.75 Å². The van der Waals surface area contributed by atoms with Crippen molar-refractivity contribution in [3.8, 4) is 5.75 Å². The lowest BCUT2D eigenvalue weighted by Gasteiger charge is -2.41. The van der Waals surface area contributed by atoms with Crippen LogP contribution >= 0.6 is 34.8 Å². The topological polar surface area (TPSA) is 63.2 Å². The molecule has 1 heterocycles. The Balaban J connectivity index is 2.09. The van der Waals surface area contributed by atoms with Gasteiger partial charge in [0.15, 0.2) is 14.4 Å². The van der Waals surface area contributed by atoms with Crippen molar-refractivity contribution in [2.45, 2.75) is 74.5 Å². The lowest BCUT2D eigenvalue weighted by atomic mass is 9.97. The Morgan fingerprint density at radius 2 is 1.74 bits per heavy atom. The molecule has 2 rings (SSSR count). The Morgan fingerprint density at radius 1 is 1.11 bits per heavy atom. The molecule has 10 heteroatoms. The summed E-state index contributed by atoms with van der Waals surface area (Å²) < 4.78 is 27.3. The molecule has 6 nitrogen and oxygen atoms in total. The number of carbonyl (C=O) groups excluding carboxylic acids is 1. The van der Waals surface area contributed by atoms with E-state index in [1.165, 1.54) is 0 Å². The number of rotatable bonds is 10. The lowest BCUT2D eigenvalue weighted by molar-refractivity contribution is -0.169. The summed E-state index contributed by atoms with van der Waals surface area (Å²) in [6.07, 6.45) is 2.26. The van der Waals surface area contributed by atoms with Gasteiger partial charge in [0.05, 0.1) is 26.4 Å². The first-order chi connectivity index (χ1) is 16.1. The molecule has 1 aliphatic rings. The third-order valence-corrected chi connectivity index (χ3v) is 11.2. The minimum absolute atomic E-state index is 0.0418. The molecular formula is C25H37Cl3O6Si. The monoisotopic (exact) mass is 566 g/mol. The Bertz CT molecular complexity index is 848. The predicted octanol–water partition coefficient (Wildman–Crippen LogP) is 6.48. The smallest absolute Gasteiger partial charge is 0.336 e. The lowest BCUT2D eigenvalue weighted by Crippen LogP contribution is -2.49. The van der Waals surface area contributed by atoms with E-state index in [-0.39, 0.29) is 30.3 Å². The van der Waals surface area contributed by atoms with Gasteiger partial charge >= 0.3 is 5.97 Å². The number of carbonyl (C=O) groups is 1. The van der Waals surface area contributed by atoms with Crippen molar-refractivity contribution in [2.75, 3.05) is 20.3 Å². The molecular weight excluding hydrogens is 531 g/mol.